The molecule has 0 unspecified atom stereocenters. The molecule has 29 heavy (non-hydrogen) atoms. The van der Waals surface area contributed by atoms with E-state index in [1.54, 1.807) is 17.5 Å². The number of nitrogen functional groups attached to an aromatic ring is 1. The average molecular weight is 435 g/mol. The van der Waals surface area contributed by atoms with Crippen LogP contribution in [0.3, 0.4) is 0 Å². The van der Waals surface area contributed by atoms with Crippen molar-refractivity contribution in [1.29, 1.82) is 0 Å². The molecular weight excluding hydrogens is 418 g/mol. The second kappa shape index (κ2) is 8.49. The Morgan fingerprint density at radius 1 is 1.55 bits per heavy atom. The molecule has 2 aliphatic heterocycles. The van der Waals surface area contributed by atoms with E-state index in [0.29, 0.717) is 11.3 Å². The molecule has 4 N–H and O–H groups in total. The highest BCUT2D eigenvalue weighted by molar-refractivity contribution is 8.00. The van der Waals surface area contributed by atoms with Crippen molar-refractivity contribution >= 4 is 51.7 Å². The van der Waals surface area contributed by atoms with Crippen molar-refractivity contribution in [3.05, 3.63) is 47.2 Å². The molecule has 2 amide bonds. The predicted octanol–water partition coefficient (Wildman–Crippen LogP) is 0.557. The van der Waals surface area contributed by atoms with Crippen LogP contribution >= 0.6 is 23.1 Å². The third kappa shape index (κ3) is 3.89. The Morgan fingerprint density at radius 2 is 2.31 bits per heavy atom. The number of aliphatic carboxylic acids is 1. The van der Waals surface area contributed by atoms with Gasteiger partial charge in [-0.25, -0.2) is 9.78 Å². The van der Waals surface area contributed by atoms with Gasteiger partial charge in [0, 0.05) is 11.1 Å². The highest BCUT2D eigenvalue weighted by atomic mass is 32.2. The number of hydrogen-bond acceptors (Lipinski definition) is 9. The van der Waals surface area contributed by atoms with Crippen LogP contribution in [0.2, 0.25) is 0 Å². The summed E-state index contributed by atoms with van der Waals surface area (Å²) in [5, 5.41) is 17.1. The number of allylic oxidation sites excluding steroid dienone is 3. The minimum Gasteiger partial charge on any atom is -0.477 e. The maximum absolute atomic E-state index is 12.7. The van der Waals surface area contributed by atoms with Gasteiger partial charge in [0.1, 0.15) is 29.9 Å². The van der Waals surface area contributed by atoms with Gasteiger partial charge in [-0.1, -0.05) is 30.0 Å². The van der Waals surface area contributed by atoms with Gasteiger partial charge >= 0.3 is 5.97 Å². The molecule has 0 spiro atoms. The van der Waals surface area contributed by atoms with E-state index in [1.807, 2.05) is 0 Å². The molecule has 12 heteroatoms. The van der Waals surface area contributed by atoms with E-state index in [2.05, 4.69) is 22.0 Å². The molecular formula is C17H17N5O5S2. The quantitative estimate of drug-likeness (QED) is 0.244. The molecule has 1 aromatic rings. The number of carbonyl (C=O) groups excluding carboxylic acids is 2. The summed E-state index contributed by atoms with van der Waals surface area (Å²) in [6.07, 6.45) is 4.73. The number of carboxylic acid groups (broad SMARTS) is 1. The van der Waals surface area contributed by atoms with Crippen LogP contribution in [-0.2, 0) is 19.2 Å². The van der Waals surface area contributed by atoms with Crippen molar-refractivity contribution in [2.45, 2.75) is 11.4 Å². The van der Waals surface area contributed by atoms with Crippen molar-refractivity contribution in [2.24, 2.45) is 5.16 Å². The minimum absolute atomic E-state index is 0.0968. The Morgan fingerprint density at radius 3 is 2.90 bits per heavy atom. The Labute approximate surface area is 173 Å². The molecule has 1 saturated heterocycles. The summed E-state index contributed by atoms with van der Waals surface area (Å²) >= 11 is 2.48. The second-order valence-corrected chi connectivity index (χ2v) is 7.82. The number of thiazole rings is 1. The predicted molar refractivity (Wildman–Crippen MR) is 109 cm³/mol. The number of nitrogens with zero attached hydrogens (tertiary/aromatic N) is 3. The van der Waals surface area contributed by atoms with E-state index in [0.717, 1.165) is 11.3 Å². The first-order valence-electron chi connectivity index (χ1n) is 8.22. The maximum atomic E-state index is 12.7. The van der Waals surface area contributed by atoms with E-state index < -0.39 is 29.2 Å². The molecule has 0 radical (unpaired) electrons. The molecule has 1 aromatic heterocycles. The lowest BCUT2D eigenvalue weighted by Crippen LogP contribution is -2.71. The fourth-order valence-electron chi connectivity index (χ4n) is 2.86. The van der Waals surface area contributed by atoms with Gasteiger partial charge in [0.2, 0.25) is 0 Å². The number of anilines is 1. The average Bonchev–Trinajstić information content (AvgIpc) is 3.13. The largest absolute Gasteiger partial charge is 0.477 e. The third-order valence-electron chi connectivity index (χ3n) is 4.08. The SMILES string of the molecule is C=C/C=C/C1=C(C(=O)O)N2C(=O)[C@@H](NC(=O)/C(=N\OC)c3csc(N)n3)[C@H]2SC1. The van der Waals surface area contributed by atoms with Crippen molar-refractivity contribution < 1.29 is 24.3 Å². The number of nitrogens with one attached hydrogen (secondary N) is 1. The lowest BCUT2D eigenvalue weighted by molar-refractivity contribution is -0.150. The van der Waals surface area contributed by atoms with Crippen LogP contribution in [0.4, 0.5) is 5.13 Å². The molecule has 152 valence electrons. The standard InChI is InChI=1S/C17H17N5O5S2/c1-3-4-5-8-6-28-15-11(14(24)22(15)12(8)16(25)26)20-13(23)10(21-27-2)9-7-29-17(18)19-9/h3-5,7,11,15H,1,6H2,2H3,(H2,18,19)(H,20,23)(H,25,26)/b5-4+,21-10-/t11-,15-/m1/s1. The van der Waals surface area contributed by atoms with Gasteiger partial charge in [0.05, 0.1) is 0 Å². The second-order valence-electron chi connectivity index (χ2n) is 5.83. The third-order valence-corrected chi connectivity index (χ3v) is 6.06. The summed E-state index contributed by atoms with van der Waals surface area (Å²) in [5.74, 6) is -2.04. The number of amides is 2. The van der Waals surface area contributed by atoms with Crippen LogP contribution in [0.5, 0.6) is 0 Å². The molecule has 10 nitrogen and oxygen atoms in total. The summed E-state index contributed by atoms with van der Waals surface area (Å²) in [6, 6.07) is -0.898. The normalized spacial score (nSPS) is 21.6. The van der Waals surface area contributed by atoms with Gasteiger partial charge in [-0.2, -0.15) is 0 Å². The Kier molecular flexibility index (Phi) is 6.03. The van der Waals surface area contributed by atoms with Crippen LogP contribution in [0.15, 0.2) is 46.6 Å². The van der Waals surface area contributed by atoms with E-state index in [4.69, 9.17) is 10.6 Å². The smallest absolute Gasteiger partial charge is 0.352 e. The van der Waals surface area contributed by atoms with Crippen LogP contribution in [0, 0.1) is 0 Å². The van der Waals surface area contributed by atoms with E-state index >= 15 is 0 Å². The maximum Gasteiger partial charge on any atom is 0.352 e. The first-order valence-corrected chi connectivity index (χ1v) is 10.2. The first-order chi connectivity index (χ1) is 13.9. The van der Waals surface area contributed by atoms with Crippen LogP contribution in [-0.4, -0.2) is 62.8 Å². The number of nitrogens with two attached hydrogens (primary N) is 1. The zero-order chi connectivity index (χ0) is 21.1. The number of fused-ring (bicyclic) bond motifs is 1. The van der Waals surface area contributed by atoms with Gasteiger partial charge in [0.25, 0.3) is 11.8 Å². The van der Waals surface area contributed by atoms with Gasteiger partial charge in [-0.05, 0) is 5.57 Å². The number of hydrogen-bond donors (Lipinski definition) is 3. The summed E-state index contributed by atoms with van der Waals surface area (Å²) in [4.78, 5) is 46.9. The molecule has 2 aliphatic rings. The summed E-state index contributed by atoms with van der Waals surface area (Å²) in [7, 11) is 1.28. The zero-order valence-electron chi connectivity index (χ0n) is 15.2. The summed E-state index contributed by atoms with van der Waals surface area (Å²) in [5.41, 5.74) is 6.08. The first kappa shape index (κ1) is 20.6. The van der Waals surface area contributed by atoms with E-state index in [1.165, 1.54) is 29.8 Å². The lowest BCUT2D eigenvalue weighted by atomic mass is 10.0. The van der Waals surface area contributed by atoms with Crippen molar-refractivity contribution in [3.8, 4) is 0 Å². The number of oxime groups is 1. The monoisotopic (exact) mass is 435 g/mol. The topological polar surface area (TPSA) is 147 Å². The Hall–Kier alpha value is -3.12. The Balaban J connectivity index is 1.80. The highest BCUT2D eigenvalue weighted by Gasteiger charge is 2.54. The van der Waals surface area contributed by atoms with Gasteiger partial charge < -0.3 is 21.0 Å². The van der Waals surface area contributed by atoms with Gasteiger partial charge in [-0.3, -0.25) is 14.5 Å². The number of aromatic nitrogens is 1. The minimum atomic E-state index is -1.21. The molecule has 0 aromatic carbocycles. The van der Waals surface area contributed by atoms with E-state index in [-0.39, 0.29) is 22.2 Å². The number of rotatable bonds is 7. The summed E-state index contributed by atoms with van der Waals surface area (Å²) < 4.78 is 0. The van der Waals surface area contributed by atoms with Crippen molar-refractivity contribution in [1.82, 2.24) is 15.2 Å². The molecule has 0 bridgehead atoms. The Bertz CT molecular complexity index is 967. The van der Waals surface area contributed by atoms with Crippen molar-refractivity contribution in [2.75, 3.05) is 18.6 Å². The molecule has 1 fully saturated rings. The fourth-order valence-corrected chi connectivity index (χ4v) is 4.72. The molecule has 0 aliphatic carbocycles. The van der Waals surface area contributed by atoms with Crippen LogP contribution in [0.1, 0.15) is 5.69 Å². The molecule has 3 heterocycles. The van der Waals surface area contributed by atoms with Crippen LogP contribution < -0.4 is 11.1 Å². The number of thioether (sulfide) groups is 1. The van der Waals surface area contributed by atoms with Gasteiger partial charge in [-0.15, -0.1) is 23.1 Å². The number of carbonyl (C=O) groups is 3. The number of carboxylic acids is 1. The molecule has 2 atom stereocenters. The highest BCUT2D eigenvalue weighted by Crippen LogP contribution is 2.40. The van der Waals surface area contributed by atoms with E-state index in [9.17, 15) is 19.5 Å². The van der Waals surface area contributed by atoms with Gasteiger partial charge in [0.15, 0.2) is 10.8 Å². The zero-order valence-corrected chi connectivity index (χ0v) is 16.8. The van der Waals surface area contributed by atoms with Crippen LogP contribution in [0.25, 0.3) is 0 Å². The molecule has 3 rings (SSSR count). The fraction of sp³-hybridized carbons (Fsp3) is 0.235. The molecule has 0 saturated carbocycles. The van der Waals surface area contributed by atoms with Crippen molar-refractivity contribution in [3.63, 3.8) is 0 Å². The number of β-lactam (4-membered cyclic amide) rings is 1. The summed E-state index contributed by atoms with van der Waals surface area (Å²) in [6.45, 7) is 3.56. The lowest BCUT2D eigenvalue weighted by Gasteiger charge is -2.49.